The second kappa shape index (κ2) is 12.5. The molecule has 0 N–H and O–H groups in total. The van der Waals surface area contributed by atoms with Crippen LogP contribution < -0.4 is 0 Å². The molecule has 0 saturated heterocycles. The summed E-state index contributed by atoms with van der Waals surface area (Å²) in [5, 5.41) is 9.06. The van der Waals surface area contributed by atoms with Crippen LogP contribution in [0, 0.1) is 5.92 Å². The molecule has 8 aromatic carbocycles. The molecule has 13 rings (SSSR count). The van der Waals surface area contributed by atoms with Gasteiger partial charge in [0.05, 0.1) is 33.5 Å². The molecule has 6 nitrogen and oxygen atoms in total. The Morgan fingerprint density at radius 3 is 1.70 bits per heavy atom. The Kier molecular flexibility index (Phi) is 6.90. The second-order valence-corrected chi connectivity index (χ2v) is 15.8. The third-order valence-corrected chi connectivity index (χ3v) is 12.3. The molecule has 60 heavy (non-hydrogen) atoms. The first-order valence-electron chi connectivity index (χ1n) is 20.4. The maximum absolute atomic E-state index is 6.42. The molecule has 0 spiro atoms. The number of nitrogens with zero attached hydrogens (tertiary/aromatic N) is 4. The van der Waals surface area contributed by atoms with Crippen molar-refractivity contribution in [2.24, 2.45) is 15.9 Å². The number of furan rings is 2. The summed E-state index contributed by atoms with van der Waals surface area (Å²) in [6.07, 6.45) is 2.23. The molecule has 0 saturated carbocycles. The third-order valence-electron chi connectivity index (χ3n) is 12.3. The number of aromatic nitrogens is 2. The summed E-state index contributed by atoms with van der Waals surface area (Å²) in [4.78, 5) is 11.2. The highest BCUT2D eigenvalue weighted by Gasteiger charge is 2.26. The maximum atomic E-state index is 6.42. The van der Waals surface area contributed by atoms with Gasteiger partial charge in [-0.05, 0) is 72.8 Å². The molecular formula is C54H34N4O2. The highest BCUT2D eigenvalue weighted by atomic mass is 16.3. The molecule has 282 valence electrons. The van der Waals surface area contributed by atoms with Gasteiger partial charge in [-0.15, -0.1) is 0 Å². The average molecular weight is 771 g/mol. The lowest BCUT2D eigenvalue weighted by Crippen LogP contribution is -2.16. The average Bonchev–Trinajstić information content (AvgIpc) is 4.02. The van der Waals surface area contributed by atoms with Crippen LogP contribution in [0.4, 0.5) is 0 Å². The van der Waals surface area contributed by atoms with Gasteiger partial charge in [0.25, 0.3) is 0 Å². The summed E-state index contributed by atoms with van der Waals surface area (Å²) in [7, 11) is 0. The molecular weight excluding hydrogens is 737 g/mol. The molecule has 5 heterocycles. The van der Waals surface area contributed by atoms with Gasteiger partial charge in [-0.1, -0.05) is 116 Å². The molecule has 0 unspecified atom stereocenters. The van der Waals surface area contributed by atoms with Crippen LogP contribution >= 0.6 is 0 Å². The molecule has 12 aromatic rings. The van der Waals surface area contributed by atoms with Gasteiger partial charge < -0.3 is 13.4 Å². The molecule has 1 atom stereocenters. The van der Waals surface area contributed by atoms with Crippen LogP contribution in [0.15, 0.2) is 201 Å². The predicted molar refractivity (Wildman–Crippen MR) is 248 cm³/mol. The number of allylic oxidation sites excluding steroid dienone is 1. The van der Waals surface area contributed by atoms with Gasteiger partial charge in [-0.2, -0.15) is 0 Å². The van der Waals surface area contributed by atoms with Gasteiger partial charge in [0, 0.05) is 65.8 Å². The van der Waals surface area contributed by atoms with Crippen LogP contribution in [0.25, 0.3) is 98.9 Å². The third kappa shape index (κ3) is 4.76. The summed E-state index contributed by atoms with van der Waals surface area (Å²) < 4.78 is 17.5. The van der Waals surface area contributed by atoms with E-state index in [1.807, 2.05) is 24.3 Å². The van der Waals surface area contributed by atoms with Crippen molar-refractivity contribution >= 4 is 105 Å². The van der Waals surface area contributed by atoms with Crippen molar-refractivity contribution in [3.8, 4) is 5.69 Å². The molecule has 4 aromatic heterocycles. The number of hydrogen-bond donors (Lipinski definition) is 0. The Hall–Kier alpha value is -7.96. The first-order chi connectivity index (χ1) is 29.7. The summed E-state index contributed by atoms with van der Waals surface area (Å²) in [5.74, 6) is 0.484. The van der Waals surface area contributed by atoms with E-state index in [2.05, 4.69) is 174 Å². The van der Waals surface area contributed by atoms with E-state index in [0.29, 0.717) is 5.96 Å². The predicted octanol–water partition coefficient (Wildman–Crippen LogP) is 14.1. The van der Waals surface area contributed by atoms with Gasteiger partial charge in [-0.3, -0.25) is 4.57 Å². The lowest BCUT2D eigenvalue weighted by Gasteiger charge is -2.12. The number of benzene rings is 8. The van der Waals surface area contributed by atoms with E-state index < -0.39 is 0 Å². The fourth-order valence-corrected chi connectivity index (χ4v) is 9.62. The number of rotatable bonds is 3. The molecule has 0 amide bonds. The SMILES string of the molecule is C[C@H]1C=C(c2ccc3c(c2)oc2ccccc23)N=C(n2c3ccccc3c3c2ccc2c4ccccc4n(-c4ccccc4)c23)N=C1c1ccc2c(c1)oc1ccccc12. The monoisotopic (exact) mass is 770 g/mol. The van der Waals surface area contributed by atoms with Crippen LogP contribution in [0.5, 0.6) is 0 Å². The van der Waals surface area contributed by atoms with Crippen LogP contribution in [0.3, 0.4) is 0 Å². The van der Waals surface area contributed by atoms with Crippen molar-refractivity contribution in [2.45, 2.75) is 6.92 Å². The van der Waals surface area contributed by atoms with Gasteiger partial charge in [0.2, 0.25) is 5.96 Å². The Morgan fingerprint density at radius 1 is 0.433 bits per heavy atom. The van der Waals surface area contributed by atoms with Crippen LogP contribution in [-0.4, -0.2) is 20.8 Å². The lowest BCUT2D eigenvalue weighted by molar-refractivity contribution is 0.668. The Balaban J connectivity index is 1.10. The van der Waals surface area contributed by atoms with Crippen molar-refractivity contribution in [3.63, 3.8) is 0 Å². The molecule has 0 bridgehead atoms. The van der Waals surface area contributed by atoms with E-state index in [1.165, 1.54) is 10.8 Å². The Bertz CT molecular complexity index is 3850. The Labute approximate surface area is 343 Å². The largest absolute Gasteiger partial charge is 0.456 e. The van der Waals surface area contributed by atoms with Gasteiger partial charge in [-0.25, -0.2) is 9.98 Å². The van der Waals surface area contributed by atoms with E-state index >= 15 is 0 Å². The Morgan fingerprint density at radius 2 is 0.983 bits per heavy atom. The van der Waals surface area contributed by atoms with Crippen LogP contribution in [0.2, 0.25) is 0 Å². The summed E-state index contributed by atoms with van der Waals surface area (Å²) in [6, 6.07) is 61.8. The van der Waals surface area contributed by atoms with Crippen molar-refractivity contribution in [1.29, 1.82) is 0 Å². The summed E-state index contributed by atoms with van der Waals surface area (Å²) in [6.45, 7) is 2.20. The van der Waals surface area contributed by atoms with Gasteiger partial charge in [0.15, 0.2) is 0 Å². The first-order valence-corrected chi connectivity index (χ1v) is 20.4. The summed E-state index contributed by atoms with van der Waals surface area (Å²) in [5.41, 5.74) is 12.6. The van der Waals surface area contributed by atoms with Crippen molar-refractivity contribution < 1.29 is 8.83 Å². The quantitative estimate of drug-likeness (QED) is 0.180. The fraction of sp³-hybridized carbons (Fsp3) is 0.0370. The molecule has 0 radical (unpaired) electrons. The van der Waals surface area contributed by atoms with E-state index in [-0.39, 0.29) is 5.92 Å². The lowest BCUT2D eigenvalue weighted by atomic mass is 9.95. The van der Waals surface area contributed by atoms with E-state index in [0.717, 1.165) is 105 Å². The van der Waals surface area contributed by atoms with Gasteiger partial charge in [0.1, 0.15) is 22.3 Å². The highest BCUT2D eigenvalue weighted by Crippen LogP contribution is 2.42. The van der Waals surface area contributed by atoms with Crippen molar-refractivity contribution in [3.05, 3.63) is 193 Å². The van der Waals surface area contributed by atoms with Crippen molar-refractivity contribution in [2.75, 3.05) is 0 Å². The van der Waals surface area contributed by atoms with Crippen molar-refractivity contribution in [1.82, 2.24) is 9.13 Å². The zero-order valence-corrected chi connectivity index (χ0v) is 32.5. The zero-order valence-electron chi connectivity index (χ0n) is 32.5. The van der Waals surface area contributed by atoms with E-state index in [9.17, 15) is 0 Å². The minimum atomic E-state index is -0.102. The van der Waals surface area contributed by atoms with Gasteiger partial charge >= 0.3 is 0 Å². The number of hydrogen-bond acceptors (Lipinski definition) is 4. The fourth-order valence-electron chi connectivity index (χ4n) is 9.62. The smallest absolute Gasteiger partial charge is 0.235 e. The second-order valence-electron chi connectivity index (χ2n) is 15.8. The van der Waals surface area contributed by atoms with E-state index in [1.54, 1.807) is 0 Å². The highest BCUT2D eigenvalue weighted by molar-refractivity contribution is 6.28. The topological polar surface area (TPSA) is 60.9 Å². The normalized spacial score (nSPS) is 14.9. The molecule has 1 aliphatic rings. The molecule has 1 aliphatic heterocycles. The number of para-hydroxylation sites is 5. The maximum Gasteiger partial charge on any atom is 0.235 e. The van der Waals surface area contributed by atoms with Crippen LogP contribution in [-0.2, 0) is 0 Å². The minimum absolute atomic E-state index is 0.102. The number of fused-ring (bicyclic) bond motifs is 13. The first kappa shape index (κ1) is 33.1. The van der Waals surface area contributed by atoms with E-state index in [4.69, 9.17) is 18.8 Å². The number of aliphatic imine (C=N–C) groups is 2. The minimum Gasteiger partial charge on any atom is -0.456 e. The van der Waals surface area contributed by atoms with Crippen LogP contribution in [0.1, 0.15) is 18.1 Å². The molecule has 6 heteroatoms. The standard InChI is InChI=1S/C54H34N4O2/c1-32-29-43(33-23-25-39-37-16-7-11-21-47(37)59-49(39)30-33)55-54(56-52(32)34-24-26-40-38-17-8-12-22-48(38)60-50(40)31-34)58-45-20-10-6-18-42(45)51-46(58)28-27-41-36-15-5-9-19-44(36)57(53(41)51)35-13-3-2-4-14-35/h2-32H,1H3/t32-/m0/s1. The zero-order chi connectivity index (χ0) is 39.5. The molecule has 0 fully saturated rings. The summed E-state index contributed by atoms with van der Waals surface area (Å²) >= 11 is 0. The molecule has 0 aliphatic carbocycles.